The lowest BCUT2D eigenvalue weighted by atomic mass is 10.1. The van der Waals surface area contributed by atoms with E-state index in [0.29, 0.717) is 5.75 Å². The predicted molar refractivity (Wildman–Crippen MR) is 121 cm³/mol. The Balaban J connectivity index is 1.79. The maximum absolute atomic E-state index is 13.4. The molecule has 0 unspecified atom stereocenters. The molecule has 14 heteroatoms. The lowest BCUT2D eigenvalue weighted by Gasteiger charge is -2.11. The number of hydrogen-bond acceptors (Lipinski definition) is 9. The van der Waals surface area contributed by atoms with Crippen LogP contribution in [0.15, 0.2) is 87.7 Å². The van der Waals surface area contributed by atoms with E-state index in [1.807, 2.05) is 0 Å². The van der Waals surface area contributed by atoms with Crippen LogP contribution >= 0.6 is 0 Å². The molecule has 0 aliphatic carbocycles. The second kappa shape index (κ2) is 10.5. The molecule has 0 aliphatic heterocycles. The first kappa shape index (κ1) is 26.8. The van der Waals surface area contributed by atoms with Gasteiger partial charge in [0.15, 0.2) is 5.71 Å². The smallest absolute Gasteiger partial charge is 0.437 e. The highest BCUT2D eigenvalue weighted by Crippen LogP contribution is 2.26. The molecule has 0 bridgehead atoms. The molecule has 0 fully saturated rings. The van der Waals surface area contributed by atoms with Gasteiger partial charge in [0.25, 0.3) is 0 Å². The Hall–Kier alpha value is -3.78. The van der Waals surface area contributed by atoms with E-state index in [1.165, 1.54) is 50.6 Å². The number of nitrogens with zero attached hydrogens (tertiary/aromatic N) is 1. The van der Waals surface area contributed by atoms with Crippen molar-refractivity contribution >= 4 is 25.9 Å². The van der Waals surface area contributed by atoms with E-state index in [2.05, 4.69) is 9.44 Å². The van der Waals surface area contributed by atoms with Crippen molar-refractivity contribution in [3.63, 3.8) is 0 Å². The lowest BCUT2D eigenvalue weighted by molar-refractivity contribution is -0.0597. The maximum Gasteiger partial charge on any atom is 0.437 e. The van der Waals surface area contributed by atoms with Gasteiger partial charge >= 0.3 is 26.4 Å². The van der Waals surface area contributed by atoms with Crippen molar-refractivity contribution in [2.45, 2.75) is 16.0 Å². The monoisotopic (exact) mass is 545 g/mol. The quantitative estimate of drug-likeness (QED) is 0.224. The first-order chi connectivity index (χ1) is 16.9. The SMILES string of the molecule is COc1ccc(C(=NOS(=O)(=O)c2ccc(OS(=O)(=O)c3ccc(OC)cc3)cc2)C(F)(F)F)cc1. The Morgan fingerprint density at radius 1 is 0.667 bits per heavy atom. The number of oxime groups is 1. The van der Waals surface area contributed by atoms with Crippen LogP contribution in [0.5, 0.6) is 17.2 Å². The summed E-state index contributed by atoms with van der Waals surface area (Å²) in [5.74, 6) is 0.458. The summed E-state index contributed by atoms with van der Waals surface area (Å²) in [5, 5.41) is 2.83. The molecule has 9 nitrogen and oxygen atoms in total. The maximum atomic E-state index is 13.4. The van der Waals surface area contributed by atoms with E-state index in [1.54, 1.807) is 0 Å². The molecule has 0 saturated carbocycles. The molecule has 0 radical (unpaired) electrons. The zero-order valence-electron chi connectivity index (χ0n) is 18.6. The number of methoxy groups -OCH3 is 2. The zero-order chi connectivity index (χ0) is 26.6. The zero-order valence-corrected chi connectivity index (χ0v) is 20.2. The first-order valence-electron chi connectivity index (χ1n) is 9.77. The third-order valence-corrected chi connectivity index (χ3v) is 6.91. The highest BCUT2D eigenvalue weighted by atomic mass is 32.2. The van der Waals surface area contributed by atoms with Crippen molar-refractivity contribution in [3.8, 4) is 17.2 Å². The van der Waals surface area contributed by atoms with Crippen LogP contribution in [-0.2, 0) is 24.5 Å². The van der Waals surface area contributed by atoms with Gasteiger partial charge in [-0.2, -0.15) is 30.0 Å². The van der Waals surface area contributed by atoms with Crippen LogP contribution in [0.4, 0.5) is 13.2 Å². The normalized spacial score (nSPS) is 12.6. The highest BCUT2D eigenvalue weighted by molar-refractivity contribution is 7.87. The number of alkyl halides is 3. The molecular formula is C22H18F3NO8S2. The number of hydrogen-bond donors (Lipinski definition) is 0. The topological polar surface area (TPSA) is 118 Å². The molecule has 36 heavy (non-hydrogen) atoms. The minimum atomic E-state index is -5.03. The van der Waals surface area contributed by atoms with Gasteiger partial charge in [-0.3, -0.25) is 4.28 Å². The molecule has 0 aromatic heterocycles. The van der Waals surface area contributed by atoms with Gasteiger partial charge in [-0.25, -0.2) is 0 Å². The summed E-state index contributed by atoms with van der Waals surface area (Å²) in [6.45, 7) is 0. The van der Waals surface area contributed by atoms with Crippen molar-refractivity contribution in [1.29, 1.82) is 0 Å². The molecule has 3 aromatic rings. The second-order valence-corrected chi connectivity index (χ2v) is 9.95. The largest absolute Gasteiger partial charge is 0.497 e. The summed E-state index contributed by atoms with van der Waals surface area (Å²) < 4.78 is 109. The number of rotatable bonds is 9. The van der Waals surface area contributed by atoms with Crippen molar-refractivity contribution in [1.82, 2.24) is 0 Å². The lowest BCUT2D eigenvalue weighted by Crippen LogP contribution is -2.25. The van der Waals surface area contributed by atoms with E-state index in [-0.39, 0.29) is 16.4 Å². The minimum Gasteiger partial charge on any atom is -0.497 e. The van der Waals surface area contributed by atoms with Gasteiger partial charge in [-0.05, 0) is 72.8 Å². The molecule has 0 N–H and O–H groups in total. The average molecular weight is 546 g/mol. The van der Waals surface area contributed by atoms with Crippen LogP contribution in [0.25, 0.3) is 0 Å². The predicted octanol–water partition coefficient (Wildman–Crippen LogP) is 4.14. The van der Waals surface area contributed by atoms with Gasteiger partial charge in [0.1, 0.15) is 27.0 Å². The number of ether oxygens (including phenoxy) is 2. The second-order valence-electron chi connectivity index (χ2n) is 6.88. The summed E-state index contributed by atoms with van der Waals surface area (Å²) in [7, 11) is -6.30. The summed E-state index contributed by atoms with van der Waals surface area (Å²) in [4.78, 5) is -0.771. The molecule has 0 aliphatic rings. The van der Waals surface area contributed by atoms with Crippen LogP contribution in [0.1, 0.15) is 5.56 Å². The van der Waals surface area contributed by atoms with E-state index < -0.39 is 42.6 Å². The standard InChI is InChI=1S/C22H18F3NO8S2/c1-31-16-5-3-15(4-6-16)21(22(23,24)25)26-34-36(29,30)20-13-9-18(10-14-20)33-35(27,28)19-11-7-17(32-2)8-12-19/h3-14H,1-2H3. The van der Waals surface area contributed by atoms with Gasteiger partial charge in [-0.1, -0.05) is 5.16 Å². The highest BCUT2D eigenvalue weighted by Gasteiger charge is 2.38. The molecule has 192 valence electrons. The van der Waals surface area contributed by atoms with E-state index in [0.717, 1.165) is 36.4 Å². The van der Waals surface area contributed by atoms with Gasteiger partial charge in [0.05, 0.1) is 14.2 Å². The van der Waals surface area contributed by atoms with Crippen LogP contribution < -0.4 is 13.7 Å². The fourth-order valence-electron chi connectivity index (χ4n) is 2.73. The van der Waals surface area contributed by atoms with Crippen LogP contribution in [0.3, 0.4) is 0 Å². The Kier molecular flexibility index (Phi) is 7.79. The van der Waals surface area contributed by atoms with E-state index in [9.17, 15) is 30.0 Å². The van der Waals surface area contributed by atoms with Gasteiger partial charge in [0.2, 0.25) is 0 Å². The van der Waals surface area contributed by atoms with Crippen molar-refractivity contribution in [2.24, 2.45) is 5.16 Å². The third-order valence-electron chi connectivity index (χ3n) is 4.53. The average Bonchev–Trinajstić information content (AvgIpc) is 2.84. The molecule has 0 spiro atoms. The molecule has 0 amide bonds. The Bertz CT molecular complexity index is 1440. The van der Waals surface area contributed by atoms with Crippen molar-refractivity contribution in [3.05, 3.63) is 78.4 Å². The third kappa shape index (κ3) is 6.46. The first-order valence-corrected chi connectivity index (χ1v) is 12.6. The minimum absolute atomic E-state index is 0.184. The molecular weight excluding hydrogens is 527 g/mol. The molecule has 0 saturated heterocycles. The molecule has 0 atom stereocenters. The van der Waals surface area contributed by atoms with E-state index >= 15 is 0 Å². The summed E-state index contributed by atoms with van der Waals surface area (Å²) in [6.07, 6.45) is -5.03. The van der Waals surface area contributed by atoms with Crippen molar-refractivity contribution < 1.29 is 47.9 Å². The van der Waals surface area contributed by atoms with Crippen LogP contribution in [0.2, 0.25) is 0 Å². The molecule has 0 heterocycles. The fourth-order valence-corrected chi connectivity index (χ4v) is 4.38. The summed E-state index contributed by atoms with van der Waals surface area (Å²) >= 11 is 0. The van der Waals surface area contributed by atoms with Gasteiger partial charge < -0.3 is 13.7 Å². The Labute approximate surface area is 204 Å². The van der Waals surface area contributed by atoms with Crippen molar-refractivity contribution in [2.75, 3.05) is 14.2 Å². The Morgan fingerprint density at radius 2 is 1.08 bits per heavy atom. The van der Waals surface area contributed by atoms with Gasteiger partial charge in [0, 0.05) is 5.56 Å². The summed E-state index contributed by atoms with van der Waals surface area (Å²) in [5.41, 5.74) is -2.04. The van der Waals surface area contributed by atoms with Crippen LogP contribution in [0, 0.1) is 0 Å². The summed E-state index contributed by atoms with van der Waals surface area (Å²) in [6, 6.07) is 13.6. The molecule has 3 rings (SSSR count). The van der Waals surface area contributed by atoms with Crippen LogP contribution in [-0.4, -0.2) is 42.9 Å². The Morgan fingerprint density at radius 3 is 1.53 bits per heavy atom. The number of halogens is 3. The molecule has 3 aromatic carbocycles. The fraction of sp³-hybridized carbons (Fsp3) is 0.136. The van der Waals surface area contributed by atoms with E-state index in [4.69, 9.17) is 13.7 Å². The van der Waals surface area contributed by atoms with Gasteiger partial charge in [-0.15, -0.1) is 0 Å². The number of benzene rings is 3.